The zero-order chi connectivity index (χ0) is 103. The maximum Gasteiger partial charge on any atom is 0.192 e. The van der Waals surface area contributed by atoms with Crippen molar-refractivity contribution in [3.8, 4) is 0 Å². The van der Waals surface area contributed by atoms with Gasteiger partial charge in [0.15, 0.2) is 77.7 Å². The molecule has 0 aromatic heterocycles. The first-order valence-electron chi connectivity index (χ1n) is 53.0. The molecule has 4 heterocycles. The van der Waals surface area contributed by atoms with Gasteiger partial charge < -0.3 is 13.9 Å². The summed E-state index contributed by atoms with van der Waals surface area (Å²) >= 11 is 0. The summed E-state index contributed by atoms with van der Waals surface area (Å²) in [5, 5.41) is 0.171. The zero-order valence-corrected chi connectivity index (χ0v) is 91.6. The molecule has 5 saturated carbocycles. The Morgan fingerprint density at radius 1 is 0.536 bits per heavy atom. The zero-order valence-electron chi connectivity index (χ0n) is 90.6. The van der Waals surface area contributed by atoms with E-state index in [1.54, 1.807) is 45.9 Å². The highest BCUT2D eigenvalue weighted by atomic mass is 28.4. The third-order valence-corrected chi connectivity index (χ3v) is 39.6. The number of carbonyl (C=O) groups is 12. The van der Waals surface area contributed by atoms with Gasteiger partial charge in [0.2, 0.25) is 0 Å². The summed E-state index contributed by atoms with van der Waals surface area (Å²) in [5.74, 6) is 6.23. The Bertz CT molecular complexity index is 5030. The van der Waals surface area contributed by atoms with Crippen molar-refractivity contribution in [3.05, 3.63) is 177 Å². The predicted octanol–water partition coefficient (Wildman–Crippen LogP) is 29.0. The van der Waals surface area contributed by atoms with Crippen LogP contribution in [-0.4, -0.2) is 107 Å². The van der Waals surface area contributed by atoms with Gasteiger partial charge in [0.1, 0.15) is 11.2 Å². The van der Waals surface area contributed by atoms with E-state index in [9.17, 15) is 57.5 Å². The Balaban J connectivity index is 0.000000193. The van der Waals surface area contributed by atoms with E-state index in [1.165, 1.54) is 80.6 Å². The van der Waals surface area contributed by atoms with Crippen molar-refractivity contribution in [2.45, 2.75) is 433 Å². The molecule has 2 spiro atoms. The number of Topliss-reactive ketones (excluding diaryl/α,β-unsaturated/α-hetero) is 7. The van der Waals surface area contributed by atoms with E-state index < -0.39 is 24.9 Å². The molecule has 0 N–H and O–H groups in total. The molecule has 0 amide bonds. The molecule has 760 valence electrons. The first-order chi connectivity index (χ1) is 64.3. The molecule has 7 fully saturated rings. The summed E-state index contributed by atoms with van der Waals surface area (Å²) < 4.78 is 19.6. The molecular formula is C122H178O15Si. The maximum absolute atomic E-state index is 13.4. The third kappa shape index (κ3) is 26.8. The molecule has 0 unspecified atom stereocenters. The number of allylic oxidation sites excluding steroid dienone is 19. The molecule has 17 rings (SSSR count). The first kappa shape index (κ1) is 115. The lowest BCUT2D eigenvalue weighted by atomic mass is 9.47. The topological polar surface area (TPSA) is 233 Å². The number of ether oxygens (including phenoxy) is 2. The maximum atomic E-state index is 13.4. The molecule has 15 nitrogen and oxygen atoms in total. The number of hydrogen-bond donors (Lipinski definition) is 0. The lowest BCUT2D eigenvalue weighted by Crippen LogP contribution is -2.65. The Morgan fingerprint density at radius 2 is 1.16 bits per heavy atom. The van der Waals surface area contributed by atoms with E-state index in [0.717, 1.165) is 180 Å². The van der Waals surface area contributed by atoms with Crippen molar-refractivity contribution in [2.75, 3.05) is 0 Å². The van der Waals surface area contributed by atoms with Gasteiger partial charge in [-0.15, -0.1) is 0 Å². The largest absolute Gasteiger partial charge is 0.413 e. The van der Waals surface area contributed by atoms with Gasteiger partial charge in [0.05, 0.1) is 18.3 Å². The normalized spacial score (nSPS) is 32.1. The number of ketones is 12. The highest BCUT2D eigenvalue weighted by Crippen LogP contribution is 2.67. The van der Waals surface area contributed by atoms with Gasteiger partial charge in [-0.3, -0.25) is 57.5 Å². The molecule has 0 radical (unpaired) electrons. The van der Waals surface area contributed by atoms with Crippen molar-refractivity contribution < 1.29 is 71.4 Å². The molecule has 12 aliphatic carbocycles. The summed E-state index contributed by atoms with van der Waals surface area (Å²) in [7, 11) is -1.90. The standard InChI is InChI=1S/C21H36O3Si.C21H28O2.C14H20O2.C13H16O.C13H20O.C10H14O.C9H12O2.C9H14O.C6H8O.C6H10O/c1-9-15-10-11-17(24-25(7,8)19(3,4)5)20(6)13-16-12-14(2)18(22)21(15,20)23-16;1-13(22)17-6-7-18-16-5-4-14-12-15(23)8-10-20(14,2)19(16)9-11-21(17,18)3;1-3-10-5-4-8-13(2)9-11-6-7-12(15)14(10,13)16-11;14-13(11-7-3-1-4-8-11)12-9-5-2-6-10-12;1-10-6-5-9-13(3,4)12(10)8-7-11(2)14;1-7(2)9-5-4-8(3)10(11)6-9;1-6-4-7(10)5-9(2,3)8(6)11;1-7-5-4-6-9(2,3)8(7)10;1-5-3-2-4-6(5)7;1-3-4-5-6(2)7/h12,15-17H,9-11,13H2,1-8H3;6,12,16,18-19H,4-5,7-11H2,1-3H3;6-7,10-11H,3-5,8-9H2,1-2H3;1,3-4,7-8,12H,2,5-6,9-10H2;7-8H,5-6,9H2,1-4H3;4,9H,1,5-6H2,2-3H3;4H,5H2,1-3H3;5H,4,6H2,1-3H3;3H,2,4H2,1H3;4-5H,3H2,1-2H3/b;;;;8-7+;;;;;5-4+/t15-,16-,17-,20+,21+;16-,18-,19-,20-,21+;10-,11-,13-,14+;;;9-;;;;/m000..1..../s1. The molecule has 4 bridgehead atoms. The van der Waals surface area contributed by atoms with Crippen molar-refractivity contribution in [3.63, 3.8) is 0 Å². The van der Waals surface area contributed by atoms with Crippen LogP contribution in [-0.2, 0) is 66.6 Å². The third-order valence-electron chi connectivity index (χ3n) is 35.1. The SMILES string of the molecule is C=C(C)[C@@H]1CC=C(C)C(=O)C1.CC(=O)/C=C/C1=C(C)CCCC1(C)C.CC(=O)C1=CC[C@H]2[C@@H]3CCC4=CC(=O)CC[C@]4(C)[C@H]3CC[C@]12C.CC/C=C/C(C)=O.CC1=CC(=O)CC(C)(C)C1=O.CC1=CCCC(C)(C)C1=O.CC1=CCCC1=O.CC[C@H]1CCC[C@@]2(C)C[C@@H]3C=CC(=O)[C@]12O3.CC[C@H]1CC[C@H](O[Si](C)(C)C(C)(C)C)[C@@]2(C)C[C@@H]3C=C(C)C(=O)[C@]12O3.O=C(c1ccccc1)C1CCCCC1. The predicted molar refractivity (Wildman–Crippen MR) is 563 cm³/mol. The molecule has 138 heavy (non-hydrogen) atoms. The van der Waals surface area contributed by atoms with Crippen LogP contribution in [0.5, 0.6) is 0 Å². The van der Waals surface area contributed by atoms with Gasteiger partial charge in [-0.2, -0.15) is 0 Å². The van der Waals surface area contributed by atoms with Crippen molar-refractivity contribution in [1.29, 1.82) is 0 Å². The van der Waals surface area contributed by atoms with Crippen LogP contribution >= 0.6 is 0 Å². The fourth-order valence-electron chi connectivity index (χ4n) is 25.7. The van der Waals surface area contributed by atoms with Gasteiger partial charge in [-0.25, -0.2) is 0 Å². The van der Waals surface area contributed by atoms with Crippen LogP contribution in [0, 0.1) is 79.3 Å². The van der Waals surface area contributed by atoms with Crippen molar-refractivity contribution in [2.24, 2.45) is 79.3 Å². The Labute approximate surface area is 833 Å². The molecule has 16 aliphatic rings. The monoisotopic (exact) mass is 1910 g/mol. The van der Waals surface area contributed by atoms with Crippen LogP contribution in [0.15, 0.2) is 172 Å². The summed E-state index contributed by atoms with van der Waals surface area (Å²) in [4.78, 5) is 138. The molecule has 2 saturated heterocycles. The number of hydrogen-bond acceptors (Lipinski definition) is 15. The summed E-state index contributed by atoms with van der Waals surface area (Å²) in [6, 6.07) is 9.69. The van der Waals surface area contributed by atoms with Gasteiger partial charge in [-0.05, 0) is 356 Å². The van der Waals surface area contributed by atoms with E-state index >= 15 is 0 Å². The molecule has 15 atom stereocenters. The van der Waals surface area contributed by atoms with E-state index in [1.807, 2.05) is 148 Å². The van der Waals surface area contributed by atoms with Crippen LogP contribution in [0.25, 0.3) is 0 Å². The lowest BCUT2D eigenvalue weighted by molar-refractivity contribution is -0.185. The van der Waals surface area contributed by atoms with E-state index in [2.05, 4.69) is 109 Å². The van der Waals surface area contributed by atoms with Crippen LogP contribution < -0.4 is 0 Å². The molecule has 1 aromatic rings. The van der Waals surface area contributed by atoms with Crippen LogP contribution in [0.3, 0.4) is 0 Å². The van der Waals surface area contributed by atoms with Crippen LogP contribution in [0.4, 0.5) is 0 Å². The highest BCUT2D eigenvalue weighted by molar-refractivity contribution is 6.74. The second-order valence-electron chi connectivity index (χ2n) is 47.8. The van der Waals surface area contributed by atoms with Gasteiger partial charge in [0, 0.05) is 58.8 Å². The second-order valence-corrected chi connectivity index (χ2v) is 52.5. The smallest absolute Gasteiger partial charge is 0.192 e. The molecule has 4 aliphatic heterocycles. The molecule has 1 aromatic carbocycles. The van der Waals surface area contributed by atoms with Gasteiger partial charge in [0.25, 0.3) is 0 Å². The number of benzene rings is 1. The van der Waals surface area contributed by atoms with Crippen molar-refractivity contribution >= 4 is 77.7 Å². The van der Waals surface area contributed by atoms with Gasteiger partial charge >= 0.3 is 0 Å². The average molecular weight is 1910 g/mol. The summed E-state index contributed by atoms with van der Waals surface area (Å²) in [6.07, 6.45) is 58.4. The average Bonchev–Trinajstić information content (AvgIpc) is 1.54. The first-order valence-corrected chi connectivity index (χ1v) is 55.9. The van der Waals surface area contributed by atoms with Crippen LogP contribution in [0.2, 0.25) is 18.1 Å². The quantitative estimate of drug-likeness (QED) is 0.0819. The summed E-state index contributed by atoms with van der Waals surface area (Å²) in [5.41, 5.74) is 10.4. The second kappa shape index (κ2) is 48.1. The highest BCUT2D eigenvalue weighted by Gasteiger charge is 2.71. The Hall–Kier alpha value is -7.76. The van der Waals surface area contributed by atoms with E-state index in [0.29, 0.717) is 77.1 Å². The fourth-order valence-corrected chi connectivity index (χ4v) is 27.2. The fraction of sp³-hybridized carbons (Fsp3) is 0.656. The number of rotatable bonds is 12. The molecular weight excluding hydrogens is 1730 g/mol. The minimum atomic E-state index is -1.90. The van der Waals surface area contributed by atoms with E-state index in [4.69, 9.17) is 13.9 Å². The number of carbonyl (C=O) groups excluding carboxylic acids is 12. The van der Waals surface area contributed by atoms with Crippen LogP contribution in [0.1, 0.15) is 396 Å². The minimum Gasteiger partial charge on any atom is -0.413 e. The number of fused-ring (bicyclic) bond motifs is 7. The lowest BCUT2D eigenvalue weighted by Gasteiger charge is -2.57. The van der Waals surface area contributed by atoms with E-state index in [-0.39, 0.29) is 102 Å². The molecule has 16 heteroatoms. The summed E-state index contributed by atoms with van der Waals surface area (Å²) in [6.45, 7) is 61.6. The Morgan fingerprint density at radius 3 is 1.70 bits per heavy atom. The van der Waals surface area contributed by atoms with Crippen molar-refractivity contribution in [1.82, 2.24) is 0 Å². The minimum absolute atomic E-state index is 0.0621. The Kier molecular flexibility index (Phi) is 40.2. The van der Waals surface area contributed by atoms with Gasteiger partial charge in [-0.1, -0.05) is 245 Å².